The fourth-order valence-corrected chi connectivity index (χ4v) is 3.79. The summed E-state index contributed by atoms with van der Waals surface area (Å²) in [5.74, 6) is 6.73. The number of nitrogens with zero attached hydrogens (tertiary/aromatic N) is 3. The zero-order valence-corrected chi connectivity index (χ0v) is 16.3. The van der Waals surface area contributed by atoms with Crippen LogP contribution in [0.2, 0.25) is 0 Å². The maximum absolute atomic E-state index is 9.02. The lowest BCUT2D eigenvalue weighted by molar-refractivity contribution is 0.121. The van der Waals surface area contributed by atoms with Crippen LogP contribution in [0.25, 0.3) is 21.8 Å². The Morgan fingerprint density at radius 3 is 1.85 bits per heavy atom. The third kappa shape index (κ3) is 4.28. The van der Waals surface area contributed by atoms with Gasteiger partial charge in [0.2, 0.25) is 0 Å². The Morgan fingerprint density at radius 2 is 1.26 bits per heavy atom. The van der Waals surface area contributed by atoms with Crippen LogP contribution in [0, 0.1) is 11.8 Å². The van der Waals surface area contributed by atoms with E-state index in [1.165, 1.54) is 21.8 Å². The van der Waals surface area contributed by atoms with E-state index in [1.54, 1.807) is 0 Å². The average Bonchev–Trinajstić information content (AvgIpc) is 3.01. The molecule has 5 heteroatoms. The third-order valence-corrected chi connectivity index (χ3v) is 5.23. The van der Waals surface area contributed by atoms with Crippen LogP contribution in [0.5, 0.6) is 0 Å². The molecule has 27 heavy (non-hydrogen) atoms. The highest BCUT2D eigenvalue weighted by Gasteiger charge is 2.15. The smallest absolute Gasteiger partial charge is 0.0844 e. The number of benzene rings is 2. The Morgan fingerprint density at radius 1 is 0.741 bits per heavy atom. The molecule has 0 spiro atoms. The normalized spacial score (nSPS) is 15.4. The molecule has 1 aliphatic heterocycles. The van der Waals surface area contributed by atoms with E-state index < -0.39 is 0 Å². The first-order chi connectivity index (χ1) is 12.9. The molecule has 4 nitrogen and oxygen atoms in total. The van der Waals surface area contributed by atoms with Crippen LogP contribution in [0.3, 0.4) is 0 Å². The van der Waals surface area contributed by atoms with Gasteiger partial charge in [0.05, 0.1) is 19.7 Å². The highest BCUT2D eigenvalue weighted by Crippen LogP contribution is 2.28. The molecule has 0 bridgehead atoms. The van der Waals surface area contributed by atoms with Gasteiger partial charge in [-0.15, -0.1) is 12.4 Å². The molecule has 142 valence electrons. The summed E-state index contributed by atoms with van der Waals surface area (Å²) in [6.45, 7) is 6.69. The molecule has 1 fully saturated rings. The van der Waals surface area contributed by atoms with Gasteiger partial charge < -0.3 is 9.67 Å². The number of hydrogen-bond donors (Lipinski definition) is 1. The maximum atomic E-state index is 9.02. The molecule has 4 rings (SSSR count). The van der Waals surface area contributed by atoms with Crippen molar-refractivity contribution in [3.8, 4) is 11.8 Å². The van der Waals surface area contributed by atoms with E-state index in [0.717, 1.165) is 45.8 Å². The van der Waals surface area contributed by atoms with Gasteiger partial charge in [0.25, 0.3) is 0 Å². The number of aliphatic hydroxyl groups excluding tert-OH is 1. The molecule has 0 atom stereocenters. The van der Waals surface area contributed by atoms with E-state index in [0.29, 0.717) is 0 Å². The highest BCUT2D eigenvalue weighted by molar-refractivity contribution is 6.08. The Labute approximate surface area is 166 Å². The lowest BCUT2D eigenvalue weighted by Gasteiger charge is -2.33. The van der Waals surface area contributed by atoms with Gasteiger partial charge in [-0.05, 0) is 12.1 Å². The second-order valence-electron chi connectivity index (χ2n) is 6.82. The van der Waals surface area contributed by atoms with Crippen molar-refractivity contribution >= 4 is 34.2 Å². The van der Waals surface area contributed by atoms with Crippen LogP contribution in [-0.4, -0.2) is 65.3 Å². The minimum absolute atomic E-state index is 0. The number of fused-ring (bicyclic) bond motifs is 3. The lowest BCUT2D eigenvalue weighted by Crippen LogP contribution is -2.47. The first-order valence-electron chi connectivity index (χ1n) is 9.34. The van der Waals surface area contributed by atoms with E-state index >= 15 is 0 Å². The number of aliphatic hydroxyl groups is 1. The molecule has 2 aromatic carbocycles. The summed E-state index contributed by atoms with van der Waals surface area (Å²) < 4.78 is 2.32. The number of β-amino-alcohol motifs (C(OH)–C–C–N with tert-alkyl or cyclic N) is 1. The monoisotopic (exact) mass is 383 g/mol. The topological polar surface area (TPSA) is 31.6 Å². The molecule has 1 saturated heterocycles. The molecule has 1 aromatic heterocycles. The van der Waals surface area contributed by atoms with Gasteiger partial charge in [0, 0.05) is 54.5 Å². The number of hydrogen-bond acceptors (Lipinski definition) is 3. The average molecular weight is 384 g/mol. The van der Waals surface area contributed by atoms with Crippen LogP contribution in [0.1, 0.15) is 0 Å². The van der Waals surface area contributed by atoms with Crippen LogP contribution in [0.15, 0.2) is 48.5 Å². The molecule has 0 unspecified atom stereocenters. The molecule has 1 N–H and O–H groups in total. The number of aromatic nitrogens is 1. The number of halogens is 1. The molecular formula is C22H26ClN3O. The van der Waals surface area contributed by atoms with Crippen molar-refractivity contribution in [2.24, 2.45) is 0 Å². The molecule has 1 aliphatic rings. The SMILES string of the molecule is Cl.OCCN1CCN(CC#CCn2c3ccccc3c3ccccc32)CC1. The van der Waals surface area contributed by atoms with Gasteiger partial charge in [-0.2, -0.15) is 0 Å². The Balaban J connectivity index is 0.00000210. The molecule has 2 heterocycles. The Kier molecular flexibility index (Phi) is 6.76. The van der Waals surface area contributed by atoms with E-state index in [-0.39, 0.29) is 19.0 Å². The van der Waals surface area contributed by atoms with E-state index in [1.807, 2.05) is 0 Å². The molecule has 0 aliphatic carbocycles. The van der Waals surface area contributed by atoms with E-state index in [4.69, 9.17) is 5.11 Å². The quantitative estimate of drug-likeness (QED) is 0.703. The van der Waals surface area contributed by atoms with Crippen molar-refractivity contribution in [1.82, 2.24) is 14.4 Å². The first kappa shape index (κ1) is 19.7. The zero-order chi connectivity index (χ0) is 17.8. The number of para-hydroxylation sites is 2. The lowest BCUT2D eigenvalue weighted by atomic mass is 10.2. The number of rotatable bonds is 4. The minimum Gasteiger partial charge on any atom is -0.395 e. The summed E-state index contributed by atoms with van der Waals surface area (Å²) in [6.07, 6.45) is 0. The minimum atomic E-state index is 0. The van der Waals surface area contributed by atoms with Crippen molar-refractivity contribution in [3.63, 3.8) is 0 Å². The second kappa shape index (κ2) is 9.25. The second-order valence-corrected chi connectivity index (χ2v) is 6.82. The summed E-state index contributed by atoms with van der Waals surface area (Å²) >= 11 is 0. The van der Waals surface area contributed by atoms with Gasteiger partial charge in [0.15, 0.2) is 0 Å². The zero-order valence-electron chi connectivity index (χ0n) is 15.5. The van der Waals surface area contributed by atoms with Gasteiger partial charge in [-0.3, -0.25) is 9.80 Å². The predicted octanol–water partition coefficient (Wildman–Crippen LogP) is 2.83. The summed E-state index contributed by atoms with van der Waals surface area (Å²) in [4.78, 5) is 4.70. The fraction of sp³-hybridized carbons (Fsp3) is 0.364. The van der Waals surface area contributed by atoms with Crippen LogP contribution in [0.4, 0.5) is 0 Å². The molecule has 0 saturated carbocycles. The Hall–Kier alpha value is -2.03. The molecule has 3 aromatic rings. The van der Waals surface area contributed by atoms with Crippen molar-refractivity contribution in [3.05, 3.63) is 48.5 Å². The summed E-state index contributed by atoms with van der Waals surface area (Å²) in [5, 5.41) is 11.6. The molecule has 0 amide bonds. The fourth-order valence-electron chi connectivity index (χ4n) is 3.79. The summed E-state index contributed by atoms with van der Waals surface area (Å²) in [7, 11) is 0. The van der Waals surface area contributed by atoms with E-state index in [2.05, 4.69) is 74.7 Å². The van der Waals surface area contributed by atoms with Crippen molar-refractivity contribution in [2.75, 3.05) is 45.9 Å². The molecule has 0 radical (unpaired) electrons. The van der Waals surface area contributed by atoms with Gasteiger partial charge >= 0.3 is 0 Å². The van der Waals surface area contributed by atoms with Crippen molar-refractivity contribution in [2.45, 2.75) is 6.54 Å². The Bertz CT molecular complexity index is 895. The van der Waals surface area contributed by atoms with Gasteiger partial charge in [-0.1, -0.05) is 48.2 Å². The maximum Gasteiger partial charge on any atom is 0.0844 e. The first-order valence-corrected chi connectivity index (χ1v) is 9.34. The standard InChI is InChI=1S/C22H25N3O.ClH/c26-18-17-24-15-13-23(14-16-24)11-5-6-12-25-21-9-3-1-7-19(21)20-8-2-4-10-22(20)25;/h1-4,7-10,26H,11-18H2;1H. The van der Waals surface area contributed by atoms with Crippen molar-refractivity contribution < 1.29 is 5.11 Å². The van der Waals surface area contributed by atoms with Gasteiger partial charge in [0.1, 0.15) is 0 Å². The van der Waals surface area contributed by atoms with Crippen molar-refractivity contribution in [1.29, 1.82) is 0 Å². The van der Waals surface area contributed by atoms with Gasteiger partial charge in [-0.25, -0.2) is 0 Å². The van der Waals surface area contributed by atoms with Crippen LogP contribution < -0.4 is 0 Å². The van der Waals surface area contributed by atoms with Crippen LogP contribution >= 0.6 is 12.4 Å². The predicted molar refractivity (Wildman–Crippen MR) is 114 cm³/mol. The molecular weight excluding hydrogens is 358 g/mol. The highest BCUT2D eigenvalue weighted by atomic mass is 35.5. The van der Waals surface area contributed by atoms with Crippen LogP contribution in [-0.2, 0) is 6.54 Å². The number of piperazine rings is 1. The summed E-state index contributed by atoms with van der Waals surface area (Å²) in [5.41, 5.74) is 2.50. The van der Waals surface area contributed by atoms with E-state index in [9.17, 15) is 0 Å². The summed E-state index contributed by atoms with van der Waals surface area (Å²) in [6, 6.07) is 17.1. The largest absolute Gasteiger partial charge is 0.395 e. The third-order valence-electron chi connectivity index (χ3n) is 5.23.